The second-order valence-corrected chi connectivity index (χ2v) is 5.80. The maximum absolute atomic E-state index is 10.1. The van der Waals surface area contributed by atoms with Crippen LogP contribution in [0.15, 0.2) is 52.3 Å². The SMILES string of the molecule is OC1CCN2c3ccccc3Sc3cccc1c32. The zero-order valence-corrected chi connectivity index (χ0v) is 10.7. The van der Waals surface area contributed by atoms with Gasteiger partial charge < -0.3 is 10.0 Å². The van der Waals surface area contributed by atoms with Crippen LogP contribution in [0, 0.1) is 0 Å². The second kappa shape index (κ2) is 3.77. The highest BCUT2D eigenvalue weighted by Crippen LogP contribution is 2.52. The molecule has 2 nitrogen and oxygen atoms in total. The predicted octanol–water partition coefficient (Wildman–Crippen LogP) is 3.73. The van der Waals surface area contributed by atoms with Crippen molar-refractivity contribution in [3.8, 4) is 0 Å². The van der Waals surface area contributed by atoms with Crippen LogP contribution in [-0.2, 0) is 0 Å². The molecule has 1 atom stereocenters. The van der Waals surface area contributed by atoms with E-state index in [1.165, 1.54) is 21.2 Å². The summed E-state index contributed by atoms with van der Waals surface area (Å²) < 4.78 is 0. The highest BCUT2D eigenvalue weighted by atomic mass is 32.2. The lowest BCUT2D eigenvalue weighted by atomic mass is 9.98. The van der Waals surface area contributed by atoms with E-state index in [4.69, 9.17) is 0 Å². The molecule has 2 aliphatic rings. The first kappa shape index (κ1) is 10.5. The number of fused-ring (bicyclic) bond motifs is 2. The van der Waals surface area contributed by atoms with Crippen LogP contribution in [0.2, 0.25) is 0 Å². The van der Waals surface area contributed by atoms with Gasteiger partial charge in [0.1, 0.15) is 0 Å². The number of para-hydroxylation sites is 2. The van der Waals surface area contributed by atoms with E-state index >= 15 is 0 Å². The number of anilines is 2. The molecular formula is C15H13NOS. The molecule has 3 heteroatoms. The van der Waals surface area contributed by atoms with Gasteiger partial charge in [-0.25, -0.2) is 0 Å². The molecule has 0 radical (unpaired) electrons. The number of hydrogen-bond acceptors (Lipinski definition) is 3. The third-order valence-corrected chi connectivity index (χ3v) is 4.78. The molecule has 90 valence electrons. The molecule has 18 heavy (non-hydrogen) atoms. The zero-order chi connectivity index (χ0) is 12.1. The van der Waals surface area contributed by atoms with E-state index in [2.05, 4.69) is 35.2 Å². The van der Waals surface area contributed by atoms with Gasteiger partial charge in [0.05, 0.1) is 17.5 Å². The molecule has 2 aromatic rings. The van der Waals surface area contributed by atoms with Gasteiger partial charge in [-0.05, 0) is 24.6 Å². The summed E-state index contributed by atoms with van der Waals surface area (Å²) in [6.07, 6.45) is 0.484. The standard InChI is InChI=1S/C15H13NOS/c17-12-8-9-16-11-5-1-2-6-13(11)18-14-7-3-4-10(12)15(14)16/h1-7,12,17H,8-9H2. The predicted molar refractivity (Wildman–Crippen MR) is 73.6 cm³/mol. The van der Waals surface area contributed by atoms with E-state index in [1.54, 1.807) is 11.8 Å². The Morgan fingerprint density at radius 2 is 1.89 bits per heavy atom. The normalized spacial score (nSPS) is 20.3. The fraction of sp³-hybridized carbons (Fsp3) is 0.200. The van der Waals surface area contributed by atoms with Crippen molar-refractivity contribution in [2.75, 3.05) is 11.4 Å². The quantitative estimate of drug-likeness (QED) is 0.776. The molecule has 1 N–H and O–H groups in total. The lowest BCUT2D eigenvalue weighted by molar-refractivity contribution is 0.165. The number of aliphatic hydroxyl groups is 1. The highest BCUT2D eigenvalue weighted by molar-refractivity contribution is 7.99. The molecule has 0 amide bonds. The molecular weight excluding hydrogens is 242 g/mol. The molecule has 0 saturated heterocycles. The Bertz CT molecular complexity index is 626. The summed E-state index contributed by atoms with van der Waals surface area (Å²) in [5, 5.41) is 10.1. The summed E-state index contributed by atoms with van der Waals surface area (Å²) in [7, 11) is 0. The largest absolute Gasteiger partial charge is 0.388 e. The molecule has 0 spiro atoms. The Morgan fingerprint density at radius 3 is 2.83 bits per heavy atom. The van der Waals surface area contributed by atoms with Gasteiger partial charge in [-0.1, -0.05) is 36.0 Å². The van der Waals surface area contributed by atoms with Crippen molar-refractivity contribution >= 4 is 23.1 Å². The van der Waals surface area contributed by atoms with Crippen LogP contribution in [-0.4, -0.2) is 11.7 Å². The summed E-state index contributed by atoms with van der Waals surface area (Å²) in [4.78, 5) is 4.91. The second-order valence-electron chi connectivity index (χ2n) is 4.72. The minimum Gasteiger partial charge on any atom is -0.388 e. The van der Waals surface area contributed by atoms with Crippen molar-refractivity contribution in [1.82, 2.24) is 0 Å². The first-order valence-corrected chi connectivity index (χ1v) is 7.01. The van der Waals surface area contributed by atoms with Gasteiger partial charge in [0.25, 0.3) is 0 Å². The Hall–Kier alpha value is -1.45. The van der Waals surface area contributed by atoms with Gasteiger partial charge >= 0.3 is 0 Å². The lowest BCUT2D eigenvalue weighted by Crippen LogP contribution is -2.29. The molecule has 2 aromatic carbocycles. The first-order chi connectivity index (χ1) is 8.84. The molecule has 0 aromatic heterocycles. The topological polar surface area (TPSA) is 23.5 Å². The van der Waals surface area contributed by atoms with Crippen LogP contribution in [0.1, 0.15) is 18.1 Å². The van der Waals surface area contributed by atoms with E-state index < -0.39 is 0 Å². The Morgan fingerprint density at radius 1 is 1.06 bits per heavy atom. The zero-order valence-electron chi connectivity index (χ0n) is 9.84. The number of benzene rings is 2. The monoisotopic (exact) mass is 255 g/mol. The summed E-state index contributed by atoms with van der Waals surface area (Å²) in [5.74, 6) is 0. The molecule has 0 bridgehead atoms. The molecule has 0 fully saturated rings. The van der Waals surface area contributed by atoms with Gasteiger partial charge in [-0.2, -0.15) is 0 Å². The lowest BCUT2D eigenvalue weighted by Gasteiger charge is -2.39. The molecule has 4 rings (SSSR count). The molecule has 2 aliphatic heterocycles. The van der Waals surface area contributed by atoms with Gasteiger partial charge in [-0.3, -0.25) is 0 Å². The molecule has 0 saturated carbocycles. The third-order valence-electron chi connectivity index (χ3n) is 3.66. The van der Waals surface area contributed by atoms with Crippen molar-refractivity contribution in [2.45, 2.75) is 22.3 Å². The maximum Gasteiger partial charge on any atom is 0.0827 e. The van der Waals surface area contributed by atoms with Gasteiger partial charge in [0.2, 0.25) is 0 Å². The van der Waals surface area contributed by atoms with Crippen LogP contribution in [0.5, 0.6) is 0 Å². The Balaban J connectivity index is 1.98. The minimum atomic E-state index is -0.318. The molecule has 1 unspecified atom stereocenters. The van der Waals surface area contributed by atoms with Crippen LogP contribution >= 0.6 is 11.8 Å². The summed E-state index contributed by atoms with van der Waals surface area (Å²) in [6, 6.07) is 14.7. The summed E-state index contributed by atoms with van der Waals surface area (Å²) in [6.45, 7) is 0.892. The summed E-state index contributed by atoms with van der Waals surface area (Å²) >= 11 is 1.80. The van der Waals surface area contributed by atoms with Crippen LogP contribution in [0.3, 0.4) is 0 Å². The van der Waals surface area contributed by atoms with Gasteiger partial charge in [0, 0.05) is 21.9 Å². The van der Waals surface area contributed by atoms with E-state index in [-0.39, 0.29) is 6.10 Å². The number of hydrogen-bond donors (Lipinski definition) is 1. The van der Waals surface area contributed by atoms with E-state index in [1.807, 2.05) is 12.1 Å². The van der Waals surface area contributed by atoms with Gasteiger partial charge in [0.15, 0.2) is 0 Å². The smallest absolute Gasteiger partial charge is 0.0827 e. The van der Waals surface area contributed by atoms with E-state index in [0.717, 1.165) is 18.5 Å². The number of nitrogens with zero attached hydrogens (tertiary/aromatic N) is 1. The molecule has 0 aliphatic carbocycles. The van der Waals surface area contributed by atoms with Crippen molar-refractivity contribution < 1.29 is 5.11 Å². The number of aliphatic hydroxyl groups excluding tert-OH is 1. The first-order valence-electron chi connectivity index (χ1n) is 6.20. The molecule has 2 heterocycles. The van der Waals surface area contributed by atoms with E-state index in [0.29, 0.717) is 0 Å². The fourth-order valence-electron chi connectivity index (χ4n) is 2.82. The van der Waals surface area contributed by atoms with Crippen molar-refractivity contribution in [3.63, 3.8) is 0 Å². The minimum absolute atomic E-state index is 0.318. The van der Waals surface area contributed by atoms with Crippen molar-refractivity contribution in [2.24, 2.45) is 0 Å². The Kier molecular flexibility index (Phi) is 2.19. The van der Waals surface area contributed by atoms with Crippen molar-refractivity contribution in [3.05, 3.63) is 48.0 Å². The van der Waals surface area contributed by atoms with Crippen molar-refractivity contribution in [1.29, 1.82) is 0 Å². The maximum atomic E-state index is 10.1. The highest BCUT2D eigenvalue weighted by Gasteiger charge is 2.31. The third kappa shape index (κ3) is 1.35. The number of rotatable bonds is 0. The average Bonchev–Trinajstić information content (AvgIpc) is 2.42. The average molecular weight is 255 g/mol. The van der Waals surface area contributed by atoms with Crippen LogP contribution in [0.4, 0.5) is 11.4 Å². The van der Waals surface area contributed by atoms with Crippen LogP contribution < -0.4 is 4.90 Å². The van der Waals surface area contributed by atoms with Crippen LogP contribution in [0.25, 0.3) is 0 Å². The van der Waals surface area contributed by atoms with Gasteiger partial charge in [-0.15, -0.1) is 0 Å². The Labute approximate surface area is 110 Å². The van der Waals surface area contributed by atoms with E-state index in [9.17, 15) is 5.11 Å². The summed E-state index contributed by atoms with van der Waals surface area (Å²) in [5.41, 5.74) is 3.55. The fourth-order valence-corrected chi connectivity index (χ4v) is 3.96.